The van der Waals surface area contributed by atoms with Crippen LogP contribution < -0.4 is 5.73 Å². The van der Waals surface area contributed by atoms with E-state index in [1.54, 1.807) is 7.11 Å². The SMILES string of the molecule is COC(C)(C)CC(CN)N1CCSC(C)C1C. The minimum Gasteiger partial charge on any atom is -0.379 e. The molecule has 1 fully saturated rings. The second kappa shape index (κ2) is 6.41. The van der Waals surface area contributed by atoms with E-state index in [4.69, 9.17) is 10.5 Å². The molecule has 3 nitrogen and oxygen atoms in total. The monoisotopic (exact) mass is 260 g/mol. The maximum Gasteiger partial charge on any atom is 0.0638 e. The second-order valence-electron chi connectivity index (χ2n) is 5.61. The molecule has 0 aromatic rings. The Morgan fingerprint density at radius 1 is 1.47 bits per heavy atom. The maximum absolute atomic E-state index is 5.97. The lowest BCUT2D eigenvalue weighted by atomic mass is 9.96. The molecule has 0 saturated carbocycles. The molecule has 0 aromatic carbocycles. The summed E-state index contributed by atoms with van der Waals surface area (Å²) in [5.41, 5.74) is 5.88. The van der Waals surface area contributed by atoms with Gasteiger partial charge < -0.3 is 10.5 Å². The molecule has 4 heteroatoms. The molecule has 17 heavy (non-hydrogen) atoms. The van der Waals surface area contributed by atoms with Gasteiger partial charge in [-0.1, -0.05) is 6.92 Å². The smallest absolute Gasteiger partial charge is 0.0638 e. The van der Waals surface area contributed by atoms with Crippen LogP contribution in [0.15, 0.2) is 0 Å². The van der Waals surface area contributed by atoms with Gasteiger partial charge in [0.15, 0.2) is 0 Å². The molecule has 2 N–H and O–H groups in total. The quantitative estimate of drug-likeness (QED) is 0.820. The van der Waals surface area contributed by atoms with Gasteiger partial charge in [0.1, 0.15) is 0 Å². The van der Waals surface area contributed by atoms with Crippen LogP contribution in [0.4, 0.5) is 0 Å². The van der Waals surface area contributed by atoms with E-state index < -0.39 is 0 Å². The zero-order valence-electron chi connectivity index (χ0n) is 11.9. The topological polar surface area (TPSA) is 38.5 Å². The number of rotatable bonds is 5. The summed E-state index contributed by atoms with van der Waals surface area (Å²) in [5.74, 6) is 1.22. The first-order valence-electron chi connectivity index (χ1n) is 6.54. The summed E-state index contributed by atoms with van der Waals surface area (Å²) in [5, 5.41) is 0.698. The van der Waals surface area contributed by atoms with E-state index in [0.29, 0.717) is 23.9 Å². The molecule has 0 amide bonds. The summed E-state index contributed by atoms with van der Waals surface area (Å²) in [4.78, 5) is 2.57. The molecule has 1 rings (SSSR count). The zero-order chi connectivity index (χ0) is 13.1. The van der Waals surface area contributed by atoms with E-state index in [2.05, 4.69) is 44.4 Å². The first-order chi connectivity index (χ1) is 7.91. The van der Waals surface area contributed by atoms with Gasteiger partial charge in [0.05, 0.1) is 5.60 Å². The molecule has 3 unspecified atom stereocenters. The fourth-order valence-electron chi connectivity index (χ4n) is 2.46. The van der Waals surface area contributed by atoms with Crippen LogP contribution in [0.25, 0.3) is 0 Å². The van der Waals surface area contributed by atoms with Gasteiger partial charge in [0, 0.05) is 43.3 Å². The van der Waals surface area contributed by atoms with Gasteiger partial charge in [0.25, 0.3) is 0 Å². The average molecular weight is 260 g/mol. The molecule has 0 spiro atoms. The highest BCUT2D eigenvalue weighted by Gasteiger charge is 2.33. The van der Waals surface area contributed by atoms with Gasteiger partial charge in [-0.25, -0.2) is 0 Å². The Balaban J connectivity index is 2.66. The molecule has 0 bridgehead atoms. The van der Waals surface area contributed by atoms with Crippen molar-refractivity contribution < 1.29 is 4.74 Å². The first-order valence-corrected chi connectivity index (χ1v) is 7.58. The van der Waals surface area contributed by atoms with Crippen LogP contribution in [0, 0.1) is 0 Å². The van der Waals surface area contributed by atoms with Crippen molar-refractivity contribution in [3.8, 4) is 0 Å². The van der Waals surface area contributed by atoms with E-state index in [1.807, 2.05) is 0 Å². The fraction of sp³-hybridized carbons (Fsp3) is 1.00. The summed E-state index contributed by atoms with van der Waals surface area (Å²) in [6.07, 6.45) is 1.00. The summed E-state index contributed by atoms with van der Waals surface area (Å²) < 4.78 is 5.54. The maximum atomic E-state index is 5.97. The molecule has 0 radical (unpaired) electrons. The highest BCUT2D eigenvalue weighted by atomic mass is 32.2. The Bertz CT molecular complexity index is 235. The molecule has 3 atom stereocenters. The summed E-state index contributed by atoms with van der Waals surface area (Å²) >= 11 is 2.07. The van der Waals surface area contributed by atoms with Gasteiger partial charge >= 0.3 is 0 Å². The lowest BCUT2D eigenvalue weighted by molar-refractivity contribution is -0.0126. The van der Waals surface area contributed by atoms with Crippen LogP contribution in [0.1, 0.15) is 34.1 Å². The van der Waals surface area contributed by atoms with Gasteiger partial charge in [-0.05, 0) is 27.2 Å². The summed E-state index contributed by atoms with van der Waals surface area (Å²) in [6, 6.07) is 1.04. The Morgan fingerprint density at radius 2 is 2.12 bits per heavy atom. The standard InChI is InChI=1S/C13H28N2OS/c1-10-11(2)17-7-6-15(10)12(9-14)8-13(3,4)16-5/h10-12H,6-9,14H2,1-5H3. The molecule has 0 aliphatic carbocycles. The van der Waals surface area contributed by atoms with E-state index in [0.717, 1.165) is 13.0 Å². The number of ether oxygens (including phenoxy) is 1. The molecule has 1 heterocycles. The van der Waals surface area contributed by atoms with Gasteiger partial charge in [-0.15, -0.1) is 0 Å². The lowest BCUT2D eigenvalue weighted by Crippen LogP contribution is -2.54. The molecule has 1 aliphatic heterocycles. The molecule has 0 aromatic heterocycles. The minimum atomic E-state index is -0.0857. The van der Waals surface area contributed by atoms with Crippen molar-refractivity contribution in [1.82, 2.24) is 4.90 Å². The third-order valence-electron chi connectivity index (χ3n) is 3.95. The lowest BCUT2D eigenvalue weighted by Gasteiger charge is -2.44. The molecular weight excluding hydrogens is 232 g/mol. The van der Waals surface area contributed by atoms with Crippen LogP contribution in [-0.4, -0.2) is 53.8 Å². The van der Waals surface area contributed by atoms with Gasteiger partial charge in [0.2, 0.25) is 0 Å². The van der Waals surface area contributed by atoms with Crippen molar-refractivity contribution in [3.63, 3.8) is 0 Å². The van der Waals surface area contributed by atoms with Gasteiger partial charge in [-0.3, -0.25) is 4.90 Å². The predicted molar refractivity (Wildman–Crippen MR) is 76.6 cm³/mol. The number of hydrogen-bond donors (Lipinski definition) is 1. The zero-order valence-corrected chi connectivity index (χ0v) is 12.7. The minimum absolute atomic E-state index is 0.0857. The number of hydrogen-bond acceptors (Lipinski definition) is 4. The number of nitrogens with zero attached hydrogens (tertiary/aromatic N) is 1. The van der Waals surface area contributed by atoms with E-state index >= 15 is 0 Å². The summed E-state index contributed by atoms with van der Waals surface area (Å²) in [7, 11) is 1.78. The summed E-state index contributed by atoms with van der Waals surface area (Å²) in [6.45, 7) is 10.8. The van der Waals surface area contributed by atoms with Crippen molar-refractivity contribution >= 4 is 11.8 Å². The highest BCUT2D eigenvalue weighted by Crippen LogP contribution is 2.28. The van der Waals surface area contributed by atoms with Crippen molar-refractivity contribution in [1.29, 1.82) is 0 Å². The normalized spacial score (nSPS) is 29.3. The van der Waals surface area contributed by atoms with Crippen LogP contribution in [0.3, 0.4) is 0 Å². The van der Waals surface area contributed by atoms with Crippen molar-refractivity contribution in [2.24, 2.45) is 5.73 Å². The van der Waals surface area contributed by atoms with E-state index in [1.165, 1.54) is 5.75 Å². The Hall–Kier alpha value is 0.230. The van der Waals surface area contributed by atoms with Crippen molar-refractivity contribution in [2.45, 2.75) is 57.1 Å². The predicted octanol–water partition coefficient (Wildman–Crippen LogP) is 1.95. The van der Waals surface area contributed by atoms with Gasteiger partial charge in [-0.2, -0.15) is 11.8 Å². The van der Waals surface area contributed by atoms with Crippen molar-refractivity contribution in [3.05, 3.63) is 0 Å². The molecular formula is C13H28N2OS. The number of methoxy groups -OCH3 is 1. The van der Waals surface area contributed by atoms with E-state index in [9.17, 15) is 0 Å². The number of thioether (sulfide) groups is 1. The highest BCUT2D eigenvalue weighted by molar-refractivity contribution is 8.00. The molecule has 1 saturated heterocycles. The van der Waals surface area contributed by atoms with Crippen molar-refractivity contribution in [2.75, 3.05) is 26.0 Å². The molecule has 102 valence electrons. The first kappa shape index (κ1) is 15.3. The van der Waals surface area contributed by atoms with Crippen LogP contribution in [0.2, 0.25) is 0 Å². The van der Waals surface area contributed by atoms with Crippen LogP contribution in [0.5, 0.6) is 0 Å². The Labute approximate surface area is 110 Å². The number of nitrogens with two attached hydrogens (primary N) is 1. The van der Waals surface area contributed by atoms with Crippen LogP contribution >= 0.6 is 11.8 Å². The largest absolute Gasteiger partial charge is 0.379 e. The van der Waals surface area contributed by atoms with Crippen LogP contribution in [-0.2, 0) is 4.74 Å². The fourth-order valence-corrected chi connectivity index (χ4v) is 3.58. The average Bonchev–Trinajstić information content (AvgIpc) is 2.30. The van der Waals surface area contributed by atoms with E-state index in [-0.39, 0.29) is 5.60 Å². The Morgan fingerprint density at radius 3 is 2.65 bits per heavy atom. The third kappa shape index (κ3) is 4.12. The molecule has 1 aliphatic rings. The Kier molecular flexibility index (Phi) is 5.77. The third-order valence-corrected chi connectivity index (χ3v) is 5.29. The second-order valence-corrected chi connectivity index (χ2v) is 7.10.